The number of rotatable bonds is 3. The van der Waals surface area contributed by atoms with Gasteiger partial charge >= 0.3 is 5.97 Å². The smallest absolute Gasteiger partial charge is 0.339 e. The third kappa shape index (κ3) is 3.46. The average Bonchev–Trinajstić information content (AvgIpc) is 2.40. The fourth-order valence-electron chi connectivity index (χ4n) is 1.45. The zero-order valence-corrected chi connectivity index (χ0v) is 12.3. The molecule has 18 heavy (non-hydrogen) atoms. The molecule has 0 radical (unpaired) electrons. The number of esters is 1. The molecule has 4 heteroatoms. The highest BCUT2D eigenvalue weighted by Crippen LogP contribution is 2.19. The zero-order valence-electron chi connectivity index (χ0n) is 9.40. The summed E-state index contributed by atoms with van der Waals surface area (Å²) in [6.45, 7) is 0.266. The summed E-state index contributed by atoms with van der Waals surface area (Å²) in [5, 5.41) is 0.530. The van der Waals surface area contributed by atoms with Crippen molar-refractivity contribution in [3.05, 3.63) is 68.3 Å². The molecule has 2 aromatic carbocycles. The van der Waals surface area contributed by atoms with E-state index in [4.69, 9.17) is 16.3 Å². The summed E-state index contributed by atoms with van der Waals surface area (Å²) in [5.74, 6) is -0.356. The van der Waals surface area contributed by atoms with Gasteiger partial charge in [0.1, 0.15) is 6.61 Å². The first-order valence-electron chi connectivity index (χ1n) is 5.33. The summed E-state index contributed by atoms with van der Waals surface area (Å²) in [4.78, 5) is 11.9. The predicted molar refractivity (Wildman–Crippen MR) is 79.7 cm³/mol. The predicted octanol–water partition coefficient (Wildman–Crippen LogP) is 4.30. The lowest BCUT2D eigenvalue weighted by molar-refractivity contribution is 0.0471. The molecule has 0 atom stereocenters. The maximum absolute atomic E-state index is 11.9. The molecule has 0 aliphatic carbocycles. The highest BCUT2D eigenvalue weighted by atomic mass is 127. The minimum atomic E-state index is -0.356. The van der Waals surface area contributed by atoms with Crippen molar-refractivity contribution in [2.24, 2.45) is 0 Å². The summed E-state index contributed by atoms with van der Waals surface area (Å²) < 4.78 is 6.08. The second-order valence-corrected chi connectivity index (χ2v) is 5.28. The van der Waals surface area contributed by atoms with Gasteiger partial charge in [0.15, 0.2) is 0 Å². The van der Waals surface area contributed by atoms with Gasteiger partial charge in [-0.05, 0) is 46.4 Å². The van der Waals surface area contributed by atoms with Gasteiger partial charge in [-0.15, -0.1) is 0 Å². The number of halogens is 2. The first-order chi connectivity index (χ1) is 8.66. The highest BCUT2D eigenvalue weighted by molar-refractivity contribution is 14.1. The first-order valence-corrected chi connectivity index (χ1v) is 6.78. The van der Waals surface area contributed by atoms with E-state index >= 15 is 0 Å². The van der Waals surface area contributed by atoms with Gasteiger partial charge in [-0.3, -0.25) is 0 Å². The normalized spacial score (nSPS) is 10.1. The topological polar surface area (TPSA) is 26.3 Å². The summed E-state index contributed by atoms with van der Waals surface area (Å²) >= 11 is 7.95. The fraction of sp³-hybridized carbons (Fsp3) is 0.0714. The van der Waals surface area contributed by atoms with E-state index in [0.717, 1.165) is 9.13 Å². The van der Waals surface area contributed by atoms with Gasteiger partial charge in [-0.2, -0.15) is 0 Å². The molecule has 0 saturated heterocycles. The Morgan fingerprint density at radius 2 is 1.89 bits per heavy atom. The average molecular weight is 373 g/mol. The van der Waals surface area contributed by atoms with Crippen LogP contribution in [0.15, 0.2) is 48.5 Å². The van der Waals surface area contributed by atoms with Crippen LogP contribution < -0.4 is 0 Å². The second kappa shape index (κ2) is 6.20. The lowest BCUT2D eigenvalue weighted by Crippen LogP contribution is -2.07. The van der Waals surface area contributed by atoms with Gasteiger partial charge in [0, 0.05) is 8.59 Å². The van der Waals surface area contributed by atoms with Crippen LogP contribution in [-0.2, 0) is 11.3 Å². The number of benzene rings is 2. The van der Waals surface area contributed by atoms with Crippen LogP contribution in [0.5, 0.6) is 0 Å². The molecule has 0 N–H and O–H groups in total. The maximum Gasteiger partial charge on any atom is 0.339 e. The highest BCUT2D eigenvalue weighted by Gasteiger charge is 2.12. The lowest BCUT2D eigenvalue weighted by atomic mass is 10.2. The SMILES string of the molecule is O=C(OCc1ccccc1)c1cc(Cl)ccc1I. The molecule has 0 aromatic heterocycles. The van der Waals surface area contributed by atoms with Gasteiger partial charge in [0.25, 0.3) is 0 Å². The Bertz CT molecular complexity index is 555. The molecule has 0 fully saturated rings. The van der Waals surface area contributed by atoms with Crippen molar-refractivity contribution < 1.29 is 9.53 Å². The third-order valence-electron chi connectivity index (χ3n) is 2.36. The van der Waals surface area contributed by atoms with Crippen LogP contribution in [0.25, 0.3) is 0 Å². The van der Waals surface area contributed by atoms with Crippen LogP contribution in [0.1, 0.15) is 15.9 Å². The zero-order chi connectivity index (χ0) is 13.0. The van der Waals surface area contributed by atoms with Crippen LogP contribution in [0, 0.1) is 3.57 Å². The van der Waals surface area contributed by atoms with E-state index in [1.165, 1.54) is 0 Å². The quantitative estimate of drug-likeness (QED) is 0.593. The first kappa shape index (κ1) is 13.4. The van der Waals surface area contributed by atoms with Crippen LogP contribution in [0.3, 0.4) is 0 Å². The summed E-state index contributed by atoms with van der Waals surface area (Å²) in [5.41, 5.74) is 1.46. The maximum atomic E-state index is 11.9. The Hall–Kier alpha value is -1.07. The Morgan fingerprint density at radius 1 is 1.17 bits per heavy atom. The molecular weight excluding hydrogens is 363 g/mol. The van der Waals surface area contributed by atoms with E-state index < -0.39 is 0 Å². The molecule has 0 unspecified atom stereocenters. The summed E-state index contributed by atoms with van der Waals surface area (Å²) in [6.07, 6.45) is 0. The van der Waals surface area contributed by atoms with Gasteiger partial charge in [-0.1, -0.05) is 41.9 Å². The number of hydrogen-bond acceptors (Lipinski definition) is 2. The molecule has 0 heterocycles. The van der Waals surface area contributed by atoms with E-state index in [2.05, 4.69) is 22.6 Å². The Labute approximate surface area is 124 Å². The monoisotopic (exact) mass is 372 g/mol. The van der Waals surface area contributed by atoms with Crippen molar-refractivity contribution in [1.29, 1.82) is 0 Å². The van der Waals surface area contributed by atoms with Crippen LogP contribution >= 0.6 is 34.2 Å². The van der Waals surface area contributed by atoms with Crippen molar-refractivity contribution in [3.63, 3.8) is 0 Å². The van der Waals surface area contributed by atoms with Gasteiger partial charge in [-0.25, -0.2) is 4.79 Å². The van der Waals surface area contributed by atoms with Crippen LogP contribution in [-0.4, -0.2) is 5.97 Å². The molecule has 92 valence electrons. The number of carbonyl (C=O) groups is 1. The largest absolute Gasteiger partial charge is 0.457 e. The number of carbonyl (C=O) groups excluding carboxylic acids is 1. The van der Waals surface area contributed by atoms with E-state index in [9.17, 15) is 4.79 Å². The van der Waals surface area contributed by atoms with E-state index in [1.807, 2.05) is 30.3 Å². The minimum absolute atomic E-state index is 0.266. The molecule has 0 aliphatic heterocycles. The molecule has 0 bridgehead atoms. The van der Waals surface area contributed by atoms with Gasteiger partial charge in [0.05, 0.1) is 5.56 Å². The number of ether oxygens (including phenoxy) is 1. The standard InChI is InChI=1S/C14H10ClIO2/c15-11-6-7-13(16)12(8-11)14(17)18-9-10-4-2-1-3-5-10/h1-8H,9H2. The minimum Gasteiger partial charge on any atom is -0.457 e. The second-order valence-electron chi connectivity index (χ2n) is 3.69. The Kier molecular flexibility index (Phi) is 4.60. The van der Waals surface area contributed by atoms with Crippen molar-refractivity contribution >= 4 is 40.2 Å². The van der Waals surface area contributed by atoms with Gasteiger partial charge in [0.2, 0.25) is 0 Å². The van der Waals surface area contributed by atoms with E-state index in [-0.39, 0.29) is 12.6 Å². The lowest BCUT2D eigenvalue weighted by Gasteiger charge is -2.06. The molecule has 2 rings (SSSR count). The number of hydrogen-bond donors (Lipinski definition) is 0. The van der Waals surface area contributed by atoms with Crippen LogP contribution in [0.2, 0.25) is 5.02 Å². The Balaban J connectivity index is 2.06. The molecule has 0 spiro atoms. The van der Waals surface area contributed by atoms with Gasteiger partial charge < -0.3 is 4.74 Å². The summed E-state index contributed by atoms with van der Waals surface area (Å²) in [6, 6.07) is 14.7. The van der Waals surface area contributed by atoms with E-state index in [0.29, 0.717) is 10.6 Å². The molecule has 0 aliphatic rings. The van der Waals surface area contributed by atoms with Crippen molar-refractivity contribution in [3.8, 4) is 0 Å². The molecule has 2 nitrogen and oxygen atoms in total. The fourth-order valence-corrected chi connectivity index (χ4v) is 2.18. The van der Waals surface area contributed by atoms with Crippen molar-refractivity contribution in [1.82, 2.24) is 0 Å². The van der Waals surface area contributed by atoms with E-state index in [1.54, 1.807) is 18.2 Å². The molecule has 0 amide bonds. The molecule has 0 saturated carbocycles. The van der Waals surface area contributed by atoms with Crippen LogP contribution in [0.4, 0.5) is 0 Å². The molecule has 2 aromatic rings. The third-order valence-corrected chi connectivity index (χ3v) is 3.54. The molecular formula is C14H10ClIO2. The van der Waals surface area contributed by atoms with Crippen molar-refractivity contribution in [2.75, 3.05) is 0 Å². The summed E-state index contributed by atoms with van der Waals surface area (Å²) in [7, 11) is 0. The van der Waals surface area contributed by atoms with Crippen molar-refractivity contribution in [2.45, 2.75) is 6.61 Å². The Morgan fingerprint density at radius 3 is 2.61 bits per heavy atom.